The predicted octanol–water partition coefficient (Wildman–Crippen LogP) is 3.91. The average Bonchev–Trinajstić information content (AvgIpc) is 2.34. The summed E-state index contributed by atoms with van der Waals surface area (Å²) in [4.78, 5) is 2.52. The van der Waals surface area contributed by atoms with Crippen molar-refractivity contribution in [3.63, 3.8) is 0 Å². The Bertz CT molecular complexity index is 356. The average molecular weight is 293 g/mol. The van der Waals surface area contributed by atoms with Crippen LogP contribution in [0.5, 0.6) is 0 Å². The van der Waals surface area contributed by atoms with Gasteiger partial charge in [0.05, 0.1) is 0 Å². The zero-order valence-electron chi connectivity index (χ0n) is 14.8. The molecule has 0 radical (unpaired) electrons. The monoisotopic (exact) mass is 292 g/mol. The maximum Gasteiger partial charge on any atom is 0.0107 e. The van der Waals surface area contributed by atoms with Gasteiger partial charge in [-0.1, -0.05) is 27.7 Å². The molecule has 0 aromatic carbocycles. The number of hydrogen-bond donors (Lipinski definition) is 1. The van der Waals surface area contributed by atoms with Gasteiger partial charge in [-0.15, -0.1) is 0 Å². The molecule has 2 atom stereocenters. The van der Waals surface area contributed by atoms with E-state index >= 15 is 0 Å². The minimum Gasteiger partial charge on any atom is -0.315 e. The second-order valence-corrected chi connectivity index (χ2v) is 9.33. The number of likely N-dealkylation sites (N-methyl/N-ethyl adjacent to an activating group) is 1. The lowest BCUT2D eigenvalue weighted by Crippen LogP contribution is -2.58. The summed E-state index contributed by atoms with van der Waals surface area (Å²) >= 11 is 0. The molecule has 2 heteroatoms. The van der Waals surface area contributed by atoms with E-state index in [1.807, 2.05) is 0 Å². The van der Waals surface area contributed by atoms with Crippen molar-refractivity contribution in [3.8, 4) is 0 Å². The first-order chi connectivity index (χ1) is 9.90. The molecule has 122 valence electrons. The molecule has 2 nitrogen and oxygen atoms in total. The molecule has 0 saturated heterocycles. The zero-order chi connectivity index (χ0) is 15.1. The Hall–Kier alpha value is -0.0800. The Morgan fingerprint density at radius 2 is 1.57 bits per heavy atom. The highest BCUT2D eigenvalue weighted by atomic mass is 15.1. The second kappa shape index (κ2) is 5.53. The normalized spacial score (nSPS) is 44.7. The van der Waals surface area contributed by atoms with Crippen LogP contribution in [0.1, 0.15) is 66.2 Å². The van der Waals surface area contributed by atoms with Gasteiger partial charge in [0, 0.05) is 19.6 Å². The molecular weight excluding hydrogens is 256 g/mol. The summed E-state index contributed by atoms with van der Waals surface area (Å²) in [6.07, 6.45) is 9.02. The van der Waals surface area contributed by atoms with Crippen molar-refractivity contribution in [2.45, 2.75) is 66.2 Å². The smallest absolute Gasteiger partial charge is 0.0107 e. The molecule has 4 aliphatic rings. The lowest BCUT2D eigenvalue weighted by Gasteiger charge is -2.65. The van der Waals surface area contributed by atoms with E-state index in [1.165, 1.54) is 71.2 Å². The highest BCUT2D eigenvalue weighted by Gasteiger charge is 2.59. The van der Waals surface area contributed by atoms with Crippen molar-refractivity contribution >= 4 is 0 Å². The fourth-order valence-corrected chi connectivity index (χ4v) is 7.01. The summed E-state index contributed by atoms with van der Waals surface area (Å²) in [5.41, 5.74) is 1.95. The summed E-state index contributed by atoms with van der Waals surface area (Å²) < 4.78 is 0. The Balaban J connectivity index is 1.56. The quantitative estimate of drug-likeness (QED) is 0.716. The summed E-state index contributed by atoms with van der Waals surface area (Å²) in [5.74, 6) is 1.03. The third kappa shape index (κ3) is 3.17. The van der Waals surface area contributed by atoms with Gasteiger partial charge in [-0.25, -0.2) is 0 Å². The van der Waals surface area contributed by atoms with Gasteiger partial charge in [-0.05, 0) is 73.8 Å². The van der Waals surface area contributed by atoms with Gasteiger partial charge in [0.15, 0.2) is 0 Å². The first-order valence-corrected chi connectivity index (χ1v) is 9.33. The van der Waals surface area contributed by atoms with E-state index in [0.717, 1.165) is 5.92 Å². The van der Waals surface area contributed by atoms with Gasteiger partial charge in [-0.3, -0.25) is 0 Å². The molecule has 0 aromatic heterocycles. The Labute approximate surface area is 132 Å². The molecule has 1 N–H and O–H groups in total. The maximum absolute atomic E-state index is 3.83. The van der Waals surface area contributed by atoms with Crippen molar-refractivity contribution in [2.75, 3.05) is 32.7 Å². The summed E-state index contributed by atoms with van der Waals surface area (Å²) in [6, 6.07) is 0. The molecule has 4 fully saturated rings. The summed E-state index contributed by atoms with van der Waals surface area (Å²) in [7, 11) is 0. The molecule has 4 rings (SSSR count). The van der Waals surface area contributed by atoms with E-state index < -0.39 is 0 Å². The lowest BCUT2D eigenvalue weighted by molar-refractivity contribution is -0.143. The molecule has 0 heterocycles. The molecular formula is C19H36N2. The molecule has 2 unspecified atom stereocenters. The summed E-state index contributed by atoms with van der Waals surface area (Å²) in [5, 5.41) is 3.83. The number of nitrogens with zero attached hydrogens (tertiary/aromatic N) is 1. The standard InChI is InChI=1S/C19H36N2/c1-5-21(6-2)8-7-20-15-19-11-16-9-17(3,13-19)12-18(4,10-16)14-19/h16,20H,5-15H2,1-4H3. The van der Waals surface area contributed by atoms with E-state index in [2.05, 4.69) is 37.9 Å². The number of hydrogen-bond acceptors (Lipinski definition) is 2. The molecule has 0 aliphatic heterocycles. The van der Waals surface area contributed by atoms with E-state index in [9.17, 15) is 0 Å². The van der Waals surface area contributed by atoms with Crippen LogP contribution in [0.3, 0.4) is 0 Å². The molecule has 0 aromatic rings. The minimum atomic E-state index is 0.631. The predicted molar refractivity (Wildman–Crippen MR) is 90.5 cm³/mol. The molecule has 4 saturated carbocycles. The van der Waals surface area contributed by atoms with Gasteiger partial charge in [0.25, 0.3) is 0 Å². The first-order valence-electron chi connectivity index (χ1n) is 9.33. The van der Waals surface area contributed by atoms with Crippen LogP contribution >= 0.6 is 0 Å². The SMILES string of the molecule is CCN(CC)CCNCC12CC3CC(C)(CC(C)(C3)C1)C2. The molecule has 4 aliphatic carbocycles. The van der Waals surface area contributed by atoms with Gasteiger partial charge < -0.3 is 10.2 Å². The van der Waals surface area contributed by atoms with Crippen LogP contribution < -0.4 is 5.32 Å². The van der Waals surface area contributed by atoms with Crippen molar-refractivity contribution in [1.82, 2.24) is 10.2 Å². The van der Waals surface area contributed by atoms with E-state index in [1.54, 1.807) is 0 Å². The van der Waals surface area contributed by atoms with Crippen molar-refractivity contribution in [2.24, 2.45) is 22.2 Å². The van der Waals surface area contributed by atoms with Crippen LogP contribution in [0.4, 0.5) is 0 Å². The fourth-order valence-electron chi connectivity index (χ4n) is 7.01. The third-order valence-electron chi connectivity index (χ3n) is 6.74. The number of nitrogens with one attached hydrogen (secondary N) is 1. The maximum atomic E-state index is 3.83. The minimum absolute atomic E-state index is 0.631. The summed E-state index contributed by atoms with van der Waals surface area (Å²) in [6.45, 7) is 15.7. The Morgan fingerprint density at radius 3 is 2.10 bits per heavy atom. The van der Waals surface area contributed by atoms with Gasteiger partial charge in [0.2, 0.25) is 0 Å². The van der Waals surface area contributed by atoms with Crippen LogP contribution in [0.2, 0.25) is 0 Å². The lowest BCUT2D eigenvalue weighted by atomic mass is 9.40. The van der Waals surface area contributed by atoms with Crippen LogP contribution in [0.25, 0.3) is 0 Å². The van der Waals surface area contributed by atoms with Crippen LogP contribution in [0, 0.1) is 22.2 Å². The molecule has 0 amide bonds. The highest BCUT2D eigenvalue weighted by molar-refractivity contribution is 5.10. The molecule has 4 bridgehead atoms. The number of rotatable bonds is 7. The van der Waals surface area contributed by atoms with Crippen LogP contribution in [-0.4, -0.2) is 37.6 Å². The van der Waals surface area contributed by atoms with Gasteiger partial charge in [-0.2, -0.15) is 0 Å². The first kappa shape index (κ1) is 15.8. The molecule has 0 spiro atoms. The zero-order valence-corrected chi connectivity index (χ0v) is 14.8. The van der Waals surface area contributed by atoms with Crippen molar-refractivity contribution < 1.29 is 0 Å². The third-order valence-corrected chi connectivity index (χ3v) is 6.74. The highest BCUT2D eigenvalue weighted by Crippen LogP contribution is 2.69. The van der Waals surface area contributed by atoms with Crippen molar-refractivity contribution in [3.05, 3.63) is 0 Å². The van der Waals surface area contributed by atoms with Crippen molar-refractivity contribution in [1.29, 1.82) is 0 Å². The van der Waals surface area contributed by atoms with Crippen LogP contribution in [0.15, 0.2) is 0 Å². The Morgan fingerprint density at radius 1 is 0.952 bits per heavy atom. The largest absolute Gasteiger partial charge is 0.315 e. The second-order valence-electron chi connectivity index (χ2n) is 9.33. The fraction of sp³-hybridized carbons (Fsp3) is 1.00. The molecule has 21 heavy (non-hydrogen) atoms. The van der Waals surface area contributed by atoms with Gasteiger partial charge in [0.1, 0.15) is 0 Å². The van der Waals surface area contributed by atoms with E-state index in [4.69, 9.17) is 0 Å². The van der Waals surface area contributed by atoms with E-state index in [0.29, 0.717) is 16.2 Å². The topological polar surface area (TPSA) is 15.3 Å². The van der Waals surface area contributed by atoms with Crippen LogP contribution in [-0.2, 0) is 0 Å². The van der Waals surface area contributed by atoms with E-state index in [-0.39, 0.29) is 0 Å². The Kier molecular flexibility index (Phi) is 4.16. The van der Waals surface area contributed by atoms with Gasteiger partial charge >= 0.3 is 0 Å².